The summed E-state index contributed by atoms with van der Waals surface area (Å²) in [4.78, 5) is 3.42. The zero-order chi connectivity index (χ0) is 9.26. The minimum Gasteiger partial charge on any atom is -0.489 e. The summed E-state index contributed by atoms with van der Waals surface area (Å²) < 4.78 is 18.1. The summed E-state index contributed by atoms with van der Waals surface area (Å²) in [6.45, 7) is 0. The Labute approximate surface area is 74.8 Å². The summed E-state index contributed by atoms with van der Waals surface area (Å²) in [7, 11) is 0. The fraction of sp³-hybridized carbons (Fsp3) is 0.333. The average Bonchev–Trinajstić information content (AvgIpc) is 2.92. The summed E-state index contributed by atoms with van der Waals surface area (Å²) in [5.74, 6) is -0.272. The van der Waals surface area contributed by atoms with Crippen molar-refractivity contribution in [2.75, 3.05) is 0 Å². The van der Waals surface area contributed by atoms with Crippen molar-refractivity contribution < 1.29 is 9.13 Å². The highest BCUT2D eigenvalue weighted by Crippen LogP contribution is 2.26. The number of hydrogen-bond donors (Lipinski definition) is 0. The molecule has 4 heteroatoms. The van der Waals surface area contributed by atoms with Crippen LogP contribution < -0.4 is 4.74 Å². The van der Waals surface area contributed by atoms with Gasteiger partial charge in [0.2, 0.25) is 5.95 Å². The van der Waals surface area contributed by atoms with Crippen LogP contribution in [0.15, 0.2) is 12.3 Å². The summed E-state index contributed by atoms with van der Waals surface area (Å²) >= 11 is 0. The summed E-state index contributed by atoms with van der Waals surface area (Å²) in [5, 5.41) is 8.51. The zero-order valence-corrected chi connectivity index (χ0v) is 6.83. The largest absolute Gasteiger partial charge is 0.489 e. The van der Waals surface area contributed by atoms with Crippen LogP contribution in [-0.2, 0) is 0 Å². The lowest BCUT2D eigenvalue weighted by Crippen LogP contribution is -1.98. The molecule has 1 heterocycles. The van der Waals surface area contributed by atoms with Crippen LogP contribution in [0.3, 0.4) is 0 Å². The first-order chi connectivity index (χ1) is 6.29. The lowest BCUT2D eigenvalue weighted by atomic mass is 10.3. The Morgan fingerprint density at radius 2 is 2.38 bits per heavy atom. The van der Waals surface area contributed by atoms with Crippen molar-refractivity contribution in [2.24, 2.45) is 0 Å². The molecule has 1 aliphatic rings. The van der Waals surface area contributed by atoms with Crippen LogP contribution in [0, 0.1) is 17.3 Å². The fourth-order valence-electron chi connectivity index (χ4n) is 0.950. The number of hydrogen-bond acceptors (Lipinski definition) is 3. The van der Waals surface area contributed by atoms with Gasteiger partial charge in [0, 0.05) is 6.07 Å². The zero-order valence-electron chi connectivity index (χ0n) is 6.83. The van der Waals surface area contributed by atoms with Crippen molar-refractivity contribution in [1.29, 1.82) is 5.26 Å². The van der Waals surface area contributed by atoms with E-state index in [1.165, 1.54) is 12.3 Å². The molecule has 0 aliphatic heterocycles. The second kappa shape index (κ2) is 3.02. The number of rotatable bonds is 2. The van der Waals surface area contributed by atoms with Gasteiger partial charge in [-0.05, 0) is 12.8 Å². The van der Waals surface area contributed by atoms with Crippen LogP contribution in [0.25, 0.3) is 0 Å². The number of nitrogens with zero attached hydrogens (tertiary/aromatic N) is 2. The standard InChI is InChI=1S/C9H7FN2O/c10-9-6(4-11)3-8(5-12-9)13-7-1-2-7/h3,5,7H,1-2H2. The van der Waals surface area contributed by atoms with Crippen LogP contribution in [0.4, 0.5) is 4.39 Å². The fourth-order valence-corrected chi connectivity index (χ4v) is 0.950. The van der Waals surface area contributed by atoms with Gasteiger partial charge in [-0.3, -0.25) is 0 Å². The topological polar surface area (TPSA) is 45.9 Å². The van der Waals surface area contributed by atoms with Crippen molar-refractivity contribution in [3.05, 3.63) is 23.8 Å². The third-order valence-electron chi connectivity index (χ3n) is 1.76. The monoisotopic (exact) mass is 178 g/mol. The van der Waals surface area contributed by atoms with Crippen LogP contribution in [-0.4, -0.2) is 11.1 Å². The van der Waals surface area contributed by atoms with Crippen molar-refractivity contribution in [1.82, 2.24) is 4.98 Å². The molecule has 0 aromatic carbocycles. The normalized spacial score (nSPS) is 15.1. The molecule has 66 valence electrons. The highest BCUT2D eigenvalue weighted by molar-refractivity contribution is 5.33. The molecule has 1 saturated carbocycles. The smallest absolute Gasteiger partial charge is 0.231 e. The first-order valence-electron chi connectivity index (χ1n) is 4.02. The molecule has 1 aromatic heterocycles. The van der Waals surface area contributed by atoms with Crippen molar-refractivity contribution >= 4 is 0 Å². The van der Waals surface area contributed by atoms with Gasteiger partial charge in [0.05, 0.1) is 12.3 Å². The molecule has 0 amide bonds. The lowest BCUT2D eigenvalue weighted by molar-refractivity contribution is 0.301. The van der Waals surface area contributed by atoms with E-state index in [1.54, 1.807) is 6.07 Å². The van der Waals surface area contributed by atoms with Crippen LogP contribution >= 0.6 is 0 Å². The van der Waals surface area contributed by atoms with Crippen LogP contribution in [0.5, 0.6) is 5.75 Å². The molecular weight excluding hydrogens is 171 g/mol. The highest BCUT2D eigenvalue weighted by Gasteiger charge is 2.23. The Kier molecular flexibility index (Phi) is 1.85. The van der Waals surface area contributed by atoms with Gasteiger partial charge in [0.15, 0.2) is 0 Å². The predicted octanol–water partition coefficient (Wildman–Crippen LogP) is 1.63. The first kappa shape index (κ1) is 7.99. The Morgan fingerprint density at radius 3 is 3.00 bits per heavy atom. The second-order valence-electron chi connectivity index (χ2n) is 2.94. The van der Waals surface area contributed by atoms with Gasteiger partial charge in [0.25, 0.3) is 0 Å². The van der Waals surface area contributed by atoms with E-state index < -0.39 is 5.95 Å². The molecule has 1 aliphatic carbocycles. The molecule has 0 spiro atoms. The lowest BCUT2D eigenvalue weighted by Gasteiger charge is -2.02. The predicted molar refractivity (Wildman–Crippen MR) is 42.6 cm³/mol. The van der Waals surface area contributed by atoms with Gasteiger partial charge in [-0.25, -0.2) is 4.98 Å². The third-order valence-corrected chi connectivity index (χ3v) is 1.76. The number of nitriles is 1. The Morgan fingerprint density at radius 1 is 1.62 bits per heavy atom. The molecule has 0 atom stereocenters. The molecule has 2 rings (SSSR count). The molecule has 13 heavy (non-hydrogen) atoms. The number of ether oxygens (including phenoxy) is 1. The molecule has 0 unspecified atom stereocenters. The SMILES string of the molecule is N#Cc1cc(OC2CC2)cnc1F. The second-order valence-corrected chi connectivity index (χ2v) is 2.94. The van der Waals surface area contributed by atoms with Crippen LogP contribution in [0.2, 0.25) is 0 Å². The molecule has 1 fully saturated rings. The van der Waals surface area contributed by atoms with E-state index in [2.05, 4.69) is 4.98 Å². The number of pyridine rings is 1. The highest BCUT2D eigenvalue weighted by atomic mass is 19.1. The maximum atomic E-state index is 12.7. The van der Waals surface area contributed by atoms with Crippen molar-refractivity contribution in [3.8, 4) is 11.8 Å². The number of aromatic nitrogens is 1. The van der Waals surface area contributed by atoms with Crippen molar-refractivity contribution in [3.63, 3.8) is 0 Å². The molecule has 1 aromatic rings. The van der Waals surface area contributed by atoms with E-state index in [4.69, 9.17) is 10.00 Å². The third kappa shape index (κ3) is 1.75. The van der Waals surface area contributed by atoms with E-state index in [1.807, 2.05) is 0 Å². The number of halogens is 1. The van der Waals surface area contributed by atoms with Gasteiger partial charge in [-0.2, -0.15) is 9.65 Å². The Hall–Kier alpha value is -1.63. The van der Waals surface area contributed by atoms with E-state index in [9.17, 15) is 4.39 Å². The molecular formula is C9H7FN2O. The minimum absolute atomic E-state index is 0.0712. The average molecular weight is 178 g/mol. The molecule has 0 radical (unpaired) electrons. The van der Waals surface area contributed by atoms with Crippen LogP contribution in [0.1, 0.15) is 18.4 Å². The summed E-state index contributed by atoms with van der Waals surface area (Å²) in [5.41, 5.74) is -0.0712. The van der Waals surface area contributed by atoms with Gasteiger partial charge < -0.3 is 4.74 Å². The van der Waals surface area contributed by atoms with Gasteiger partial charge in [-0.1, -0.05) is 0 Å². The maximum absolute atomic E-state index is 12.7. The molecule has 0 saturated heterocycles. The van der Waals surface area contributed by atoms with E-state index in [0.29, 0.717) is 5.75 Å². The van der Waals surface area contributed by atoms with E-state index in [-0.39, 0.29) is 11.7 Å². The van der Waals surface area contributed by atoms with Gasteiger partial charge in [-0.15, -0.1) is 0 Å². The first-order valence-corrected chi connectivity index (χ1v) is 4.02. The van der Waals surface area contributed by atoms with E-state index in [0.717, 1.165) is 12.8 Å². The maximum Gasteiger partial charge on any atom is 0.231 e. The van der Waals surface area contributed by atoms with Gasteiger partial charge >= 0.3 is 0 Å². The molecule has 3 nitrogen and oxygen atoms in total. The summed E-state index contributed by atoms with van der Waals surface area (Å²) in [6, 6.07) is 3.09. The molecule has 0 N–H and O–H groups in total. The van der Waals surface area contributed by atoms with Crippen molar-refractivity contribution in [2.45, 2.75) is 18.9 Å². The molecule has 0 bridgehead atoms. The van der Waals surface area contributed by atoms with E-state index >= 15 is 0 Å². The summed E-state index contributed by atoms with van der Waals surface area (Å²) in [6.07, 6.45) is 3.59. The minimum atomic E-state index is -0.745. The Bertz CT molecular complexity index is 368. The quantitative estimate of drug-likeness (QED) is 0.646. The van der Waals surface area contributed by atoms with Gasteiger partial charge in [0.1, 0.15) is 17.4 Å². The Balaban J connectivity index is 2.22.